The third-order valence-corrected chi connectivity index (χ3v) is 2.60. The summed E-state index contributed by atoms with van der Waals surface area (Å²) >= 11 is 0. The predicted octanol–water partition coefficient (Wildman–Crippen LogP) is 1.84. The van der Waals surface area contributed by atoms with Gasteiger partial charge in [0.05, 0.1) is 18.6 Å². The highest BCUT2D eigenvalue weighted by molar-refractivity contribution is 5.76. The average Bonchev–Trinajstić information content (AvgIpc) is 3.11. The van der Waals surface area contributed by atoms with Crippen LogP contribution >= 0.6 is 0 Å². The van der Waals surface area contributed by atoms with Crippen LogP contribution in [-0.2, 0) is 4.79 Å². The van der Waals surface area contributed by atoms with Gasteiger partial charge >= 0.3 is 0 Å². The first kappa shape index (κ1) is 12.4. The number of benzene rings is 1. The molecule has 18 heavy (non-hydrogen) atoms. The Bertz CT molecular complexity index is 512. The topological polar surface area (TPSA) is 52.3 Å². The molecule has 2 rings (SSSR count). The van der Waals surface area contributed by atoms with E-state index in [9.17, 15) is 9.18 Å². The zero-order valence-corrected chi connectivity index (χ0v) is 9.91. The van der Waals surface area contributed by atoms with Gasteiger partial charge in [-0.2, -0.15) is 0 Å². The van der Waals surface area contributed by atoms with E-state index in [-0.39, 0.29) is 12.2 Å². The van der Waals surface area contributed by atoms with Gasteiger partial charge in [0.2, 0.25) is 5.91 Å². The molecule has 1 fully saturated rings. The van der Waals surface area contributed by atoms with Gasteiger partial charge in [-0.25, -0.2) is 4.39 Å². The molecule has 0 aliphatic heterocycles. The summed E-state index contributed by atoms with van der Waals surface area (Å²) in [4.78, 5) is 10.6. The Morgan fingerprint density at radius 1 is 1.50 bits per heavy atom. The number of amides is 1. The first-order valence-corrected chi connectivity index (χ1v) is 5.84. The van der Waals surface area contributed by atoms with Gasteiger partial charge in [0.15, 0.2) is 0 Å². The van der Waals surface area contributed by atoms with Crippen molar-refractivity contribution in [3.8, 4) is 17.6 Å². The lowest BCUT2D eigenvalue weighted by molar-refractivity contribution is -0.117. The second-order valence-corrected chi connectivity index (χ2v) is 4.34. The van der Waals surface area contributed by atoms with E-state index in [0.717, 1.165) is 0 Å². The van der Waals surface area contributed by atoms with Crippen molar-refractivity contribution in [2.75, 3.05) is 6.61 Å². The smallest absolute Gasteiger partial charge is 0.229 e. The lowest BCUT2D eigenvalue weighted by Crippen LogP contribution is -2.08. The van der Waals surface area contributed by atoms with Crippen molar-refractivity contribution >= 4 is 5.91 Å². The predicted molar refractivity (Wildman–Crippen MR) is 65.3 cm³/mol. The van der Waals surface area contributed by atoms with Gasteiger partial charge in [-0.1, -0.05) is 11.8 Å². The number of rotatable bonds is 4. The van der Waals surface area contributed by atoms with Crippen molar-refractivity contribution < 1.29 is 13.9 Å². The Labute approximate surface area is 105 Å². The van der Waals surface area contributed by atoms with E-state index in [0.29, 0.717) is 23.8 Å². The monoisotopic (exact) mass is 247 g/mol. The van der Waals surface area contributed by atoms with Crippen LogP contribution in [0.3, 0.4) is 0 Å². The van der Waals surface area contributed by atoms with E-state index in [1.165, 1.54) is 25.0 Å². The summed E-state index contributed by atoms with van der Waals surface area (Å²) in [6.45, 7) is 0.635. The molecule has 3 nitrogen and oxygen atoms in total. The van der Waals surface area contributed by atoms with Gasteiger partial charge in [0.1, 0.15) is 11.6 Å². The Balaban J connectivity index is 2.10. The van der Waals surface area contributed by atoms with Crippen molar-refractivity contribution in [3.05, 3.63) is 29.6 Å². The van der Waals surface area contributed by atoms with Crippen LogP contribution < -0.4 is 10.5 Å². The van der Waals surface area contributed by atoms with E-state index in [2.05, 4.69) is 11.8 Å². The van der Waals surface area contributed by atoms with Crippen molar-refractivity contribution in [3.63, 3.8) is 0 Å². The van der Waals surface area contributed by atoms with Gasteiger partial charge in [-0.15, -0.1) is 0 Å². The summed E-state index contributed by atoms with van der Waals surface area (Å²) in [7, 11) is 0. The van der Waals surface area contributed by atoms with Crippen molar-refractivity contribution in [2.24, 2.45) is 11.7 Å². The van der Waals surface area contributed by atoms with Crippen molar-refractivity contribution in [1.29, 1.82) is 0 Å². The summed E-state index contributed by atoms with van der Waals surface area (Å²) in [6, 6.07) is 4.20. The van der Waals surface area contributed by atoms with Crippen LogP contribution in [0.5, 0.6) is 5.75 Å². The van der Waals surface area contributed by atoms with Crippen LogP contribution in [0.1, 0.15) is 24.8 Å². The quantitative estimate of drug-likeness (QED) is 0.825. The third kappa shape index (κ3) is 3.77. The standard InChI is InChI=1S/C14H14FNO2/c15-12-6-7-13(18-9-10-4-5-10)11(8-12)2-1-3-14(16)17/h6-8,10H,3-5,9H2,(H2,16,17). The maximum Gasteiger partial charge on any atom is 0.229 e. The minimum atomic E-state index is -0.501. The summed E-state index contributed by atoms with van der Waals surface area (Å²) in [6.07, 6.45) is 2.33. The van der Waals surface area contributed by atoms with E-state index in [1.54, 1.807) is 6.07 Å². The van der Waals surface area contributed by atoms with Crippen LogP contribution in [0.15, 0.2) is 18.2 Å². The lowest BCUT2D eigenvalue weighted by Gasteiger charge is -2.07. The van der Waals surface area contributed by atoms with Gasteiger partial charge in [0, 0.05) is 0 Å². The fourth-order valence-electron chi connectivity index (χ4n) is 1.44. The van der Waals surface area contributed by atoms with Gasteiger partial charge in [-0.05, 0) is 37.0 Å². The zero-order valence-electron chi connectivity index (χ0n) is 9.91. The molecule has 4 heteroatoms. The Hall–Kier alpha value is -2.02. The first-order chi connectivity index (χ1) is 8.65. The van der Waals surface area contributed by atoms with Crippen LogP contribution in [0.2, 0.25) is 0 Å². The second-order valence-electron chi connectivity index (χ2n) is 4.34. The van der Waals surface area contributed by atoms with E-state index in [1.807, 2.05) is 0 Å². The fourth-order valence-corrected chi connectivity index (χ4v) is 1.44. The third-order valence-electron chi connectivity index (χ3n) is 2.60. The number of carbonyl (C=O) groups is 1. The number of carbonyl (C=O) groups excluding carboxylic acids is 1. The van der Waals surface area contributed by atoms with Crippen LogP contribution in [0.25, 0.3) is 0 Å². The molecular formula is C14H14FNO2. The van der Waals surface area contributed by atoms with Crippen LogP contribution in [0.4, 0.5) is 4.39 Å². The first-order valence-electron chi connectivity index (χ1n) is 5.84. The number of halogens is 1. The molecule has 0 bridgehead atoms. The molecule has 2 N–H and O–H groups in total. The molecule has 0 saturated heterocycles. The lowest BCUT2D eigenvalue weighted by atomic mass is 10.2. The summed E-state index contributed by atoms with van der Waals surface area (Å²) in [5.41, 5.74) is 5.44. The van der Waals surface area contributed by atoms with Crippen molar-refractivity contribution in [2.45, 2.75) is 19.3 Å². The molecule has 1 aliphatic rings. The Kier molecular flexibility index (Phi) is 3.83. The molecule has 1 saturated carbocycles. The maximum absolute atomic E-state index is 13.1. The minimum absolute atomic E-state index is 0.0431. The molecule has 1 aromatic rings. The molecule has 1 amide bonds. The van der Waals surface area contributed by atoms with Gasteiger partial charge in [-0.3, -0.25) is 4.79 Å². The molecule has 94 valence electrons. The highest BCUT2D eigenvalue weighted by atomic mass is 19.1. The van der Waals surface area contributed by atoms with E-state index < -0.39 is 5.91 Å². The Morgan fingerprint density at radius 2 is 2.28 bits per heavy atom. The zero-order chi connectivity index (χ0) is 13.0. The highest BCUT2D eigenvalue weighted by Crippen LogP contribution is 2.30. The molecule has 0 spiro atoms. The number of nitrogens with two attached hydrogens (primary N) is 1. The number of ether oxygens (including phenoxy) is 1. The summed E-state index contributed by atoms with van der Waals surface area (Å²) < 4.78 is 18.7. The molecule has 0 atom stereocenters. The summed E-state index contributed by atoms with van der Waals surface area (Å²) in [5.74, 6) is 5.60. The highest BCUT2D eigenvalue weighted by Gasteiger charge is 2.22. The molecule has 0 unspecified atom stereocenters. The molecular weight excluding hydrogens is 233 g/mol. The van der Waals surface area contributed by atoms with Gasteiger partial charge < -0.3 is 10.5 Å². The number of primary amides is 1. The number of hydrogen-bond acceptors (Lipinski definition) is 2. The molecule has 0 aromatic heterocycles. The average molecular weight is 247 g/mol. The van der Waals surface area contributed by atoms with Crippen molar-refractivity contribution in [1.82, 2.24) is 0 Å². The second kappa shape index (κ2) is 5.54. The van der Waals surface area contributed by atoms with Crippen LogP contribution in [0, 0.1) is 23.6 Å². The molecule has 0 heterocycles. The van der Waals surface area contributed by atoms with E-state index >= 15 is 0 Å². The largest absolute Gasteiger partial charge is 0.492 e. The molecule has 0 radical (unpaired) electrons. The number of hydrogen-bond donors (Lipinski definition) is 1. The summed E-state index contributed by atoms with van der Waals surface area (Å²) in [5, 5.41) is 0. The Morgan fingerprint density at radius 3 is 2.94 bits per heavy atom. The van der Waals surface area contributed by atoms with E-state index in [4.69, 9.17) is 10.5 Å². The maximum atomic E-state index is 13.1. The van der Waals surface area contributed by atoms with Crippen LogP contribution in [-0.4, -0.2) is 12.5 Å². The SMILES string of the molecule is NC(=O)CC#Cc1cc(F)ccc1OCC1CC1. The molecule has 1 aliphatic carbocycles. The van der Waals surface area contributed by atoms with Gasteiger partial charge in [0.25, 0.3) is 0 Å². The normalized spacial score (nSPS) is 13.6. The molecule has 1 aromatic carbocycles. The minimum Gasteiger partial charge on any atom is -0.492 e. The fraction of sp³-hybridized carbons (Fsp3) is 0.357.